The second-order valence-electron chi connectivity index (χ2n) is 4.37. The third kappa shape index (κ3) is 3.27. The first-order chi connectivity index (χ1) is 8.66. The van der Waals surface area contributed by atoms with Crippen LogP contribution in [0.3, 0.4) is 0 Å². The number of nitrogens with one attached hydrogen (secondary N) is 1. The molecule has 0 aromatic carbocycles. The molecular weight excluding hydrogens is 236 g/mol. The van der Waals surface area contributed by atoms with Crippen LogP contribution in [0, 0.1) is 6.92 Å². The molecule has 100 valence electrons. The molecule has 2 heterocycles. The zero-order chi connectivity index (χ0) is 13.0. The van der Waals surface area contributed by atoms with E-state index in [2.05, 4.69) is 15.5 Å². The van der Waals surface area contributed by atoms with Gasteiger partial charge in [0.2, 0.25) is 5.91 Å². The summed E-state index contributed by atoms with van der Waals surface area (Å²) in [7, 11) is 0. The van der Waals surface area contributed by atoms with Gasteiger partial charge in [-0.2, -0.15) is 4.98 Å². The van der Waals surface area contributed by atoms with Crippen molar-refractivity contribution in [1.82, 2.24) is 20.4 Å². The molecule has 1 aromatic heterocycles. The number of ether oxygens (including phenoxy) is 1. The third-order valence-corrected chi connectivity index (χ3v) is 2.84. The van der Waals surface area contributed by atoms with Gasteiger partial charge in [-0.15, -0.1) is 0 Å². The second-order valence-corrected chi connectivity index (χ2v) is 4.37. The summed E-state index contributed by atoms with van der Waals surface area (Å²) in [5.74, 6) is 0.963. The lowest BCUT2D eigenvalue weighted by Gasteiger charge is -2.33. The van der Waals surface area contributed by atoms with E-state index >= 15 is 0 Å². The lowest BCUT2D eigenvalue weighted by atomic mass is 10.2. The van der Waals surface area contributed by atoms with Gasteiger partial charge in [-0.05, 0) is 13.8 Å². The molecule has 7 heteroatoms. The average Bonchev–Trinajstić information content (AvgIpc) is 2.75. The molecule has 1 aliphatic heterocycles. The molecule has 0 unspecified atom stereocenters. The predicted octanol–water partition coefficient (Wildman–Crippen LogP) is -0.285. The Morgan fingerprint density at radius 1 is 1.67 bits per heavy atom. The van der Waals surface area contributed by atoms with Gasteiger partial charge >= 0.3 is 0 Å². The number of nitrogens with zero attached hydrogens (tertiary/aromatic N) is 3. The zero-order valence-corrected chi connectivity index (χ0v) is 10.7. The van der Waals surface area contributed by atoms with Gasteiger partial charge in [0, 0.05) is 25.7 Å². The Hall–Kier alpha value is -1.47. The Kier molecular flexibility index (Phi) is 4.27. The number of piperazine rings is 1. The van der Waals surface area contributed by atoms with Gasteiger partial charge in [0.25, 0.3) is 5.89 Å². The molecule has 18 heavy (non-hydrogen) atoms. The summed E-state index contributed by atoms with van der Waals surface area (Å²) in [5.41, 5.74) is 0. The van der Waals surface area contributed by atoms with Gasteiger partial charge < -0.3 is 19.5 Å². The first-order valence-corrected chi connectivity index (χ1v) is 6.04. The van der Waals surface area contributed by atoms with Gasteiger partial charge in [0.15, 0.2) is 5.82 Å². The molecule has 1 saturated heterocycles. The topological polar surface area (TPSA) is 80.5 Å². The summed E-state index contributed by atoms with van der Waals surface area (Å²) in [6, 6.07) is 0.209. The molecule has 0 bridgehead atoms. The average molecular weight is 254 g/mol. The van der Waals surface area contributed by atoms with E-state index in [0.717, 1.165) is 19.6 Å². The largest absolute Gasteiger partial charge is 0.362 e. The van der Waals surface area contributed by atoms with Crippen LogP contribution >= 0.6 is 0 Å². The van der Waals surface area contributed by atoms with E-state index in [1.165, 1.54) is 0 Å². The van der Waals surface area contributed by atoms with Crippen LogP contribution in [0.4, 0.5) is 0 Å². The number of hydrogen-bond acceptors (Lipinski definition) is 6. The molecule has 1 N–H and O–H groups in total. The van der Waals surface area contributed by atoms with Gasteiger partial charge in [0.1, 0.15) is 13.2 Å². The lowest BCUT2D eigenvalue weighted by molar-refractivity contribution is -0.139. The highest BCUT2D eigenvalue weighted by atomic mass is 16.5. The number of rotatable bonds is 4. The van der Waals surface area contributed by atoms with E-state index in [0.29, 0.717) is 11.7 Å². The third-order valence-electron chi connectivity index (χ3n) is 2.84. The normalized spacial score (nSPS) is 20.1. The fourth-order valence-electron chi connectivity index (χ4n) is 1.92. The van der Waals surface area contributed by atoms with Crippen molar-refractivity contribution in [3.63, 3.8) is 0 Å². The summed E-state index contributed by atoms with van der Waals surface area (Å²) >= 11 is 0. The van der Waals surface area contributed by atoms with E-state index in [9.17, 15) is 4.79 Å². The molecule has 0 aliphatic carbocycles. The van der Waals surface area contributed by atoms with E-state index in [4.69, 9.17) is 9.26 Å². The van der Waals surface area contributed by atoms with Crippen LogP contribution in [0.2, 0.25) is 0 Å². The number of carbonyl (C=O) groups is 1. The summed E-state index contributed by atoms with van der Waals surface area (Å²) in [6.45, 7) is 6.36. The van der Waals surface area contributed by atoms with Crippen molar-refractivity contribution < 1.29 is 14.1 Å². The number of hydrogen-bond donors (Lipinski definition) is 1. The maximum absolute atomic E-state index is 11.9. The van der Waals surface area contributed by atoms with Gasteiger partial charge in [-0.1, -0.05) is 5.16 Å². The van der Waals surface area contributed by atoms with E-state index < -0.39 is 0 Å². The van der Waals surface area contributed by atoms with E-state index in [1.54, 1.807) is 6.92 Å². The van der Waals surface area contributed by atoms with Crippen molar-refractivity contribution >= 4 is 5.91 Å². The van der Waals surface area contributed by atoms with Crippen LogP contribution in [-0.4, -0.2) is 53.2 Å². The highest BCUT2D eigenvalue weighted by Crippen LogP contribution is 2.04. The lowest BCUT2D eigenvalue weighted by Crippen LogP contribution is -2.53. The Labute approximate surface area is 105 Å². The van der Waals surface area contributed by atoms with Crippen LogP contribution in [0.1, 0.15) is 18.6 Å². The molecule has 1 atom stereocenters. The highest BCUT2D eigenvalue weighted by molar-refractivity contribution is 5.77. The quantitative estimate of drug-likeness (QED) is 0.795. The molecule has 7 nitrogen and oxygen atoms in total. The van der Waals surface area contributed by atoms with Crippen molar-refractivity contribution in [3.05, 3.63) is 11.7 Å². The summed E-state index contributed by atoms with van der Waals surface area (Å²) < 4.78 is 10.2. The molecule has 2 rings (SSSR count). The second kappa shape index (κ2) is 5.92. The minimum atomic E-state index is 0.000220. The number of aryl methyl sites for hydroxylation is 1. The smallest absolute Gasteiger partial charge is 0.252 e. The molecule has 0 spiro atoms. The van der Waals surface area contributed by atoms with Crippen LogP contribution in [-0.2, 0) is 16.1 Å². The van der Waals surface area contributed by atoms with E-state index in [1.807, 2.05) is 11.8 Å². The fourth-order valence-corrected chi connectivity index (χ4v) is 1.92. The first kappa shape index (κ1) is 13.0. The molecule has 0 radical (unpaired) electrons. The van der Waals surface area contributed by atoms with Crippen LogP contribution in [0.5, 0.6) is 0 Å². The monoisotopic (exact) mass is 254 g/mol. The molecule has 0 saturated carbocycles. The van der Waals surface area contributed by atoms with Crippen molar-refractivity contribution in [2.24, 2.45) is 0 Å². The van der Waals surface area contributed by atoms with Crippen molar-refractivity contribution in [1.29, 1.82) is 0 Å². The van der Waals surface area contributed by atoms with Gasteiger partial charge in [-0.3, -0.25) is 4.79 Å². The van der Waals surface area contributed by atoms with Crippen molar-refractivity contribution in [2.45, 2.75) is 26.5 Å². The molecular formula is C11H18N4O3. The predicted molar refractivity (Wildman–Crippen MR) is 62.7 cm³/mol. The van der Waals surface area contributed by atoms with E-state index in [-0.39, 0.29) is 25.2 Å². The number of carbonyl (C=O) groups excluding carboxylic acids is 1. The number of aromatic nitrogens is 2. The molecule has 1 aromatic rings. The SMILES string of the molecule is Cc1noc(COCC(=O)N2CCNC[C@@H]2C)n1. The Bertz CT molecular complexity index is 407. The molecule has 1 aliphatic rings. The standard InChI is InChI=1S/C11H18N4O3/c1-8-5-12-3-4-15(8)11(16)7-17-6-10-13-9(2)14-18-10/h8,12H,3-7H2,1-2H3/t8-/m0/s1. The maximum atomic E-state index is 11.9. The van der Waals surface area contributed by atoms with Crippen molar-refractivity contribution in [3.8, 4) is 0 Å². The summed E-state index contributed by atoms with van der Waals surface area (Å²) in [5, 5.41) is 6.88. The fraction of sp³-hybridized carbons (Fsp3) is 0.727. The van der Waals surface area contributed by atoms with Crippen LogP contribution in [0.15, 0.2) is 4.52 Å². The molecule has 1 fully saturated rings. The first-order valence-electron chi connectivity index (χ1n) is 6.04. The Morgan fingerprint density at radius 2 is 2.50 bits per heavy atom. The van der Waals surface area contributed by atoms with Gasteiger partial charge in [0.05, 0.1) is 0 Å². The molecule has 1 amide bonds. The van der Waals surface area contributed by atoms with Crippen molar-refractivity contribution in [2.75, 3.05) is 26.2 Å². The Balaban J connectivity index is 1.74. The van der Waals surface area contributed by atoms with Crippen LogP contribution in [0.25, 0.3) is 0 Å². The minimum absolute atomic E-state index is 0.000220. The van der Waals surface area contributed by atoms with Gasteiger partial charge in [-0.25, -0.2) is 0 Å². The summed E-state index contributed by atoms with van der Waals surface area (Å²) in [6.07, 6.45) is 0. The summed E-state index contributed by atoms with van der Waals surface area (Å²) in [4.78, 5) is 17.7. The minimum Gasteiger partial charge on any atom is -0.362 e. The maximum Gasteiger partial charge on any atom is 0.252 e. The van der Waals surface area contributed by atoms with Crippen LogP contribution < -0.4 is 5.32 Å². The Morgan fingerprint density at radius 3 is 3.17 bits per heavy atom. The number of amides is 1. The zero-order valence-electron chi connectivity index (χ0n) is 10.7. The highest BCUT2D eigenvalue weighted by Gasteiger charge is 2.22.